The Bertz CT molecular complexity index is 542. The van der Waals surface area contributed by atoms with Crippen LogP contribution in [0.15, 0.2) is 12.3 Å². The van der Waals surface area contributed by atoms with Crippen LogP contribution >= 0.6 is 0 Å². The highest BCUT2D eigenvalue weighted by Gasteiger charge is 2.31. The quantitative estimate of drug-likeness (QED) is 0.651. The molecule has 3 rings (SSSR count). The Labute approximate surface area is 122 Å². The van der Waals surface area contributed by atoms with E-state index in [4.69, 9.17) is 0 Å². The molecule has 0 bridgehead atoms. The number of hydrogen-bond donors (Lipinski definition) is 2. The second kappa shape index (κ2) is 5.85. The highest BCUT2D eigenvalue weighted by Crippen LogP contribution is 2.37. The second-order valence-corrected chi connectivity index (χ2v) is 5.83. The largest absolute Gasteiger partial charge is 0.348 e. The molecule has 1 saturated heterocycles. The molecule has 2 fully saturated rings. The minimum atomic E-state index is -0.439. The van der Waals surface area contributed by atoms with Crippen molar-refractivity contribution in [3.63, 3.8) is 0 Å². The highest BCUT2D eigenvalue weighted by molar-refractivity contribution is 5.93. The number of carbonyl (C=O) groups is 1. The van der Waals surface area contributed by atoms with Gasteiger partial charge in [-0.3, -0.25) is 14.9 Å². The van der Waals surface area contributed by atoms with Crippen LogP contribution in [0.1, 0.15) is 48.6 Å². The van der Waals surface area contributed by atoms with Gasteiger partial charge >= 0.3 is 0 Å². The van der Waals surface area contributed by atoms with E-state index in [1.54, 1.807) is 4.57 Å². The lowest BCUT2D eigenvalue weighted by molar-refractivity contribution is -0.384. The van der Waals surface area contributed by atoms with Gasteiger partial charge in [0.2, 0.25) is 0 Å². The second-order valence-electron chi connectivity index (χ2n) is 5.83. The lowest BCUT2D eigenvalue weighted by Gasteiger charge is -2.16. The molecule has 1 unspecified atom stereocenters. The van der Waals surface area contributed by atoms with Crippen molar-refractivity contribution in [2.45, 2.75) is 44.2 Å². The maximum Gasteiger partial charge on any atom is 0.287 e. The Morgan fingerprint density at radius 2 is 2.14 bits per heavy atom. The lowest BCUT2D eigenvalue weighted by atomic mass is 10.1. The Kier molecular flexibility index (Phi) is 3.92. The summed E-state index contributed by atoms with van der Waals surface area (Å²) in [6, 6.07) is 1.78. The first-order chi connectivity index (χ1) is 10.1. The fraction of sp³-hybridized carbons (Fsp3) is 0.643. The predicted molar refractivity (Wildman–Crippen MR) is 77.3 cm³/mol. The van der Waals surface area contributed by atoms with Crippen LogP contribution in [0.4, 0.5) is 5.69 Å². The summed E-state index contributed by atoms with van der Waals surface area (Å²) in [6.07, 6.45) is 6.35. The van der Waals surface area contributed by atoms with Gasteiger partial charge in [0.1, 0.15) is 5.69 Å². The van der Waals surface area contributed by atoms with E-state index in [2.05, 4.69) is 10.6 Å². The third-order valence-electron chi connectivity index (χ3n) is 4.13. The molecule has 0 radical (unpaired) electrons. The molecule has 0 spiro atoms. The Hall–Kier alpha value is -1.89. The van der Waals surface area contributed by atoms with Crippen molar-refractivity contribution in [1.82, 2.24) is 15.2 Å². The molecule has 1 aliphatic heterocycles. The van der Waals surface area contributed by atoms with E-state index in [0.717, 1.165) is 45.2 Å². The van der Waals surface area contributed by atoms with Gasteiger partial charge in [-0.1, -0.05) is 0 Å². The van der Waals surface area contributed by atoms with Gasteiger partial charge in [-0.05, 0) is 45.2 Å². The van der Waals surface area contributed by atoms with Crippen molar-refractivity contribution in [2.75, 3.05) is 13.1 Å². The standard InChI is InChI=1S/C14H20N4O3/c19-14(16-10-2-1-6-15-7-5-10)13-8-12(18(20)21)9-17(13)11-3-4-11/h8-11,15H,1-7H2,(H,16,19). The molecule has 1 aromatic heterocycles. The number of nitrogens with one attached hydrogen (secondary N) is 2. The van der Waals surface area contributed by atoms with Crippen molar-refractivity contribution >= 4 is 11.6 Å². The van der Waals surface area contributed by atoms with Crippen LogP contribution in [0, 0.1) is 10.1 Å². The molecule has 0 aromatic carbocycles. The number of aromatic nitrogens is 1. The molecule has 7 heteroatoms. The topological polar surface area (TPSA) is 89.2 Å². The van der Waals surface area contributed by atoms with E-state index < -0.39 is 4.92 Å². The van der Waals surface area contributed by atoms with Crippen LogP contribution < -0.4 is 10.6 Å². The lowest BCUT2D eigenvalue weighted by Crippen LogP contribution is -2.36. The molecule has 21 heavy (non-hydrogen) atoms. The predicted octanol–water partition coefficient (Wildman–Crippen LogP) is 1.60. The van der Waals surface area contributed by atoms with Gasteiger partial charge in [-0.15, -0.1) is 0 Å². The van der Waals surface area contributed by atoms with Gasteiger partial charge in [-0.25, -0.2) is 0 Å². The SMILES string of the molecule is O=C(NC1CCCNCC1)c1cc([N+](=O)[O-])cn1C1CC1. The van der Waals surface area contributed by atoms with Crippen molar-refractivity contribution in [3.05, 3.63) is 28.1 Å². The average molecular weight is 292 g/mol. The first kappa shape index (κ1) is 14.1. The number of hydrogen-bond acceptors (Lipinski definition) is 4. The first-order valence-corrected chi connectivity index (χ1v) is 7.53. The van der Waals surface area contributed by atoms with Gasteiger partial charge in [0.05, 0.1) is 11.1 Å². The van der Waals surface area contributed by atoms with Crippen LogP contribution in [0.2, 0.25) is 0 Å². The normalized spacial score (nSPS) is 22.6. The van der Waals surface area contributed by atoms with Crippen LogP contribution in [0.5, 0.6) is 0 Å². The van der Waals surface area contributed by atoms with E-state index in [0.29, 0.717) is 5.69 Å². The number of amides is 1. The molecule has 2 N–H and O–H groups in total. The van der Waals surface area contributed by atoms with Gasteiger partial charge in [-0.2, -0.15) is 0 Å². The van der Waals surface area contributed by atoms with Crippen molar-refractivity contribution in [2.24, 2.45) is 0 Å². The molecular weight excluding hydrogens is 272 g/mol. The summed E-state index contributed by atoms with van der Waals surface area (Å²) in [7, 11) is 0. The van der Waals surface area contributed by atoms with Gasteiger partial charge < -0.3 is 15.2 Å². The van der Waals surface area contributed by atoms with Crippen LogP contribution in [0.3, 0.4) is 0 Å². The third kappa shape index (κ3) is 3.24. The number of nitrogens with zero attached hydrogens (tertiary/aromatic N) is 2. The maximum atomic E-state index is 12.4. The van der Waals surface area contributed by atoms with E-state index in [1.807, 2.05) is 0 Å². The summed E-state index contributed by atoms with van der Waals surface area (Å²) in [5, 5.41) is 17.3. The summed E-state index contributed by atoms with van der Waals surface area (Å²) in [5.74, 6) is -0.193. The molecule has 1 saturated carbocycles. The monoisotopic (exact) mass is 292 g/mol. The number of nitro groups is 1. The summed E-state index contributed by atoms with van der Waals surface area (Å²) in [4.78, 5) is 22.9. The molecule has 114 valence electrons. The highest BCUT2D eigenvalue weighted by atomic mass is 16.6. The zero-order valence-electron chi connectivity index (χ0n) is 11.9. The summed E-state index contributed by atoms with van der Waals surface area (Å²) >= 11 is 0. The molecule has 1 aliphatic carbocycles. The minimum absolute atomic E-state index is 0.00502. The maximum absolute atomic E-state index is 12.4. The van der Waals surface area contributed by atoms with Crippen molar-refractivity contribution in [3.8, 4) is 0 Å². The minimum Gasteiger partial charge on any atom is -0.348 e. The smallest absolute Gasteiger partial charge is 0.287 e. The van der Waals surface area contributed by atoms with E-state index in [1.165, 1.54) is 12.3 Å². The zero-order valence-corrected chi connectivity index (χ0v) is 11.9. The van der Waals surface area contributed by atoms with E-state index >= 15 is 0 Å². The molecule has 7 nitrogen and oxygen atoms in total. The summed E-state index contributed by atoms with van der Waals surface area (Å²) < 4.78 is 1.77. The fourth-order valence-electron chi connectivity index (χ4n) is 2.82. The average Bonchev–Trinajstić information content (AvgIpc) is 3.24. The third-order valence-corrected chi connectivity index (χ3v) is 4.13. The molecule has 2 heterocycles. The van der Waals surface area contributed by atoms with Crippen molar-refractivity contribution < 1.29 is 9.72 Å². The molecule has 1 atom stereocenters. The van der Waals surface area contributed by atoms with Crippen LogP contribution in [-0.2, 0) is 0 Å². The zero-order chi connectivity index (χ0) is 14.8. The molecule has 1 amide bonds. The Morgan fingerprint density at radius 1 is 1.33 bits per heavy atom. The fourth-order valence-corrected chi connectivity index (χ4v) is 2.82. The number of rotatable bonds is 4. The van der Waals surface area contributed by atoms with Crippen molar-refractivity contribution in [1.29, 1.82) is 0 Å². The van der Waals surface area contributed by atoms with E-state index in [-0.39, 0.29) is 23.7 Å². The summed E-state index contributed by atoms with van der Waals surface area (Å²) in [6.45, 7) is 1.88. The summed E-state index contributed by atoms with van der Waals surface area (Å²) in [5.41, 5.74) is 0.413. The molecule has 2 aliphatic rings. The van der Waals surface area contributed by atoms with Gasteiger partial charge in [0.15, 0.2) is 0 Å². The molecular formula is C14H20N4O3. The van der Waals surface area contributed by atoms with E-state index in [9.17, 15) is 14.9 Å². The number of carbonyl (C=O) groups excluding carboxylic acids is 1. The van der Waals surface area contributed by atoms with Crippen LogP contribution in [-0.4, -0.2) is 34.5 Å². The van der Waals surface area contributed by atoms with Crippen LogP contribution in [0.25, 0.3) is 0 Å². The van der Waals surface area contributed by atoms with Gasteiger partial charge in [0.25, 0.3) is 11.6 Å². The first-order valence-electron chi connectivity index (χ1n) is 7.53. The molecule has 1 aromatic rings. The Morgan fingerprint density at radius 3 is 2.86 bits per heavy atom. The Balaban J connectivity index is 1.75. The van der Waals surface area contributed by atoms with Gasteiger partial charge in [0, 0.05) is 18.2 Å².